The van der Waals surface area contributed by atoms with E-state index in [1.54, 1.807) is 0 Å². The summed E-state index contributed by atoms with van der Waals surface area (Å²) in [6.07, 6.45) is -0.107. The molecule has 1 atom stereocenters. The zero-order valence-electron chi connectivity index (χ0n) is 17.5. The highest BCUT2D eigenvalue weighted by atomic mass is 79.9. The average molecular weight is 470 g/mol. The van der Waals surface area contributed by atoms with Crippen LogP contribution in [0.5, 0.6) is 5.75 Å². The highest BCUT2D eigenvalue weighted by Gasteiger charge is 2.40. The van der Waals surface area contributed by atoms with E-state index < -0.39 is 5.79 Å². The number of rotatable bonds is 3. The molecule has 1 aliphatic heterocycles. The Morgan fingerprint density at radius 1 is 1.17 bits per heavy atom. The number of nitrogens with one attached hydrogen (secondary N) is 1. The molecule has 0 saturated carbocycles. The normalized spacial score (nSPS) is 21.5. The Balaban J connectivity index is 1.50. The molecule has 3 aromatic rings. The number of carbonyl (C=O) groups is 1. The van der Waals surface area contributed by atoms with Crippen LogP contribution in [0.15, 0.2) is 40.9 Å². The molecule has 1 fully saturated rings. The van der Waals surface area contributed by atoms with Crippen molar-refractivity contribution in [3.05, 3.63) is 63.3 Å². The third kappa shape index (κ3) is 3.09. The van der Waals surface area contributed by atoms with E-state index >= 15 is 0 Å². The van der Waals surface area contributed by atoms with E-state index in [4.69, 9.17) is 14.2 Å². The first-order chi connectivity index (χ1) is 14.2. The number of benzene rings is 2. The molecule has 1 unspecified atom stereocenters. The van der Waals surface area contributed by atoms with E-state index in [1.807, 2.05) is 50.2 Å². The van der Waals surface area contributed by atoms with Crippen LogP contribution in [0.25, 0.3) is 10.9 Å². The number of aromatic amines is 1. The minimum Gasteiger partial charge on any atom is -0.491 e. The van der Waals surface area contributed by atoms with Crippen LogP contribution in [0.2, 0.25) is 0 Å². The van der Waals surface area contributed by atoms with Gasteiger partial charge in [-0.2, -0.15) is 0 Å². The zero-order valence-corrected chi connectivity index (χ0v) is 19.1. The van der Waals surface area contributed by atoms with Crippen LogP contribution in [-0.2, 0) is 14.9 Å². The Bertz CT molecular complexity index is 1180. The molecule has 1 aromatic heterocycles. The van der Waals surface area contributed by atoms with Gasteiger partial charge in [-0.1, -0.05) is 35.8 Å². The number of carbonyl (C=O) groups excluding carboxylic acids is 1. The van der Waals surface area contributed by atoms with E-state index in [-0.39, 0.29) is 17.3 Å². The summed E-state index contributed by atoms with van der Waals surface area (Å²) >= 11 is 3.52. The fourth-order valence-electron chi connectivity index (χ4n) is 4.51. The van der Waals surface area contributed by atoms with Crippen LogP contribution in [0, 0.1) is 0 Å². The fraction of sp³-hybridized carbons (Fsp3) is 0.375. The standard InChI is InChI=1S/C24H24BrNO4/c1-23(2)18-10-14(28-11-15-12-29-24(3,4)30-15)6-8-16(18)21(27)20-17-7-5-13(25)9-19(17)26-22(20)23/h5-10,15,26H,11-12H2,1-4H3. The van der Waals surface area contributed by atoms with Gasteiger partial charge in [0.25, 0.3) is 0 Å². The SMILES string of the molecule is CC1(C)OCC(COc2ccc3c(c2)C(C)(C)c2[nH]c4cc(Br)ccc4c2C3=O)O1. The van der Waals surface area contributed by atoms with Crippen molar-refractivity contribution in [3.8, 4) is 5.75 Å². The predicted octanol–water partition coefficient (Wildman–Crippen LogP) is 5.33. The summed E-state index contributed by atoms with van der Waals surface area (Å²) < 4.78 is 18.4. The van der Waals surface area contributed by atoms with Crippen LogP contribution in [-0.4, -0.2) is 35.9 Å². The van der Waals surface area contributed by atoms with Crippen LogP contribution < -0.4 is 4.74 Å². The molecule has 2 heterocycles. The van der Waals surface area contributed by atoms with Gasteiger partial charge in [0.2, 0.25) is 0 Å². The van der Waals surface area contributed by atoms with Crippen molar-refractivity contribution in [1.29, 1.82) is 0 Å². The van der Waals surface area contributed by atoms with E-state index in [0.29, 0.717) is 13.2 Å². The van der Waals surface area contributed by atoms with Gasteiger partial charge in [0.1, 0.15) is 18.5 Å². The summed E-state index contributed by atoms with van der Waals surface area (Å²) in [6.45, 7) is 8.99. The summed E-state index contributed by atoms with van der Waals surface area (Å²) in [5, 5.41) is 0.957. The Hall–Kier alpha value is -2.15. The van der Waals surface area contributed by atoms with Gasteiger partial charge in [-0.3, -0.25) is 4.79 Å². The molecule has 1 saturated heterocycles. The van der Waals surface area contributed by atoms with Crippen molar-refractivity contribution in [3.63, 3.8) is 0 Å². The molecule has 5 nitrogen and oxygen atoms in total. The van der Waals surface area contributed by atoms with Gasteiger partial charge in [0.05, 0.1) is 12.2 Å². The lowest BCUT2D eigenvalue weighted by atomic mass is 9.71. The highest BCUT2D eigenvalue weighted by Crippen LogP contribution is 2.45. The molecule has 0 spiro atoms. The Morgan fingerprint density at radius 2 is 1.97 bits per heavy atom. The van der Waals surface area contributed by atoms with Gasteiger partial charge >= 0.3 is 0 Å². The average Bonchev–Trinajstić information content (AvgIpc) is 3.24. The number of fused-ring (bicyclic) bond motifs is 4. The minimum atomic E-state index is -0.570. The molecular formula is C24H24BrNO4. The van der Waals surface area contributed by atoms with Gasteiger partial charge in [0.15, 0.2) is 11.6 Å². The number of aromatic nitrogens is 1. The second kappa shape index (κ2) is 6.67. The van der Waals surface area contributed by atoms with E-state index in [0.717, 1.165) is 43.5 Å². The van der Waals surface area contributed by atoms with Crippen LogP contribution >= 0.6 is 15.9 Å². The van der Waals surface area contributed by atoms with E-state index in [2.05, 4.69) is 34.8 Å². The molecule has 1 N–H and O–H groups in total. The number of H-pyrrole nitrogens is 1. The zero-order chi connectivity index (χ0) is 21.3. The molecule has 156 valence electrons. The molecule has 1 aliphatic carbocycles. The third-order valence-corrected chi connectivity index (χ3v) is 6.52. The first-order valence-electron chi connectivity index (χ1n) is 10.1. The number of ether oxygens (including phenoxy) is 3. The first kappa shape index (κ1) is 19.8. The topological polar surface area (TPSA) is 60.5 Å². The number of ketones is 1. The lowest BCUT2D eigenvalue weighted by molar-refractivity contribution is -0.141. The molecule has 5 rings (SSSR count). The summed E-state index contributed by atoms with van der Waals surface area (Å²) in [5.41, 5.74) is 4.00. The van der Waals surface area contributed by atoms with Gasteiger partial charge in [0, 0.05) is 32.0 Å². The van der Waals surface area contributed by atoms with E-state index in [1.165, 1.54) is 0 Å². The van der Waals surface area contributed by atoms with Crippen molar-refractivity contribution in [1.82, 2.24) is 4.98 Å². The molecule has 2 aromatic carbocycles. The molecule has 0 bridgehead atoms. The van der Waals surface area contributed by atoms with Crippen molar-refractivity contribution >= 4 is 32.6 Å². The predicted molar refractivity (Wildman–Crippen MR) is 118 cm³/mol. The maximum absolute atomic E-state index is 13.4. The van der Waals surface area contributed by atoms with Crippen LogP contribution in [0.4, 0.5) is 0 Å². The van der Waals surface area contributed by atoms with Gasteiger partial charge in [-0.15, -0.1) is 0 Å². The first-order valence-corrected chi connectivity index (χ1v) is 10.9. The number of halogens is 1. The van der Waals surface area contributed by atoms with Gasteiger partial charge in [-0.25, -0.2) is 0 Å². The summed E-state index contributed by atoms with van der Waals surface area (Å²) in [7, 11) is 0. The molecular weight excluding hydrogens is 446 g/mol. The largest absolute Gasteiger partial charge is 0.491 e. The number of hydrogen-bond acceptors (Lipinski definition) is 4. The van der Waals surface area contributed by atoms with Crippen LogP contribution in [0.3, 0.4) is 0 Å². The van der Waals surface area contributed by atoms with Crippen LogP contribution in [0.1, 0.15) is 54.9 Å². The van der Waals surface area contributed by atoms with Gasteiger partial charge in [-0.05, 0) is 49.7 Å². The summed E-state index contributed by atoms with van der Waals surface area (Å²) in [4.78, 5) is 16.9. The molecule has 30 heavy (non-hydrogen) atoms. The monoisotopic (exact) mass is 469 g/mol. The maximum atomic E-state index is 13.4. The summed E-state index contributed by atoms with van der Waals surface area (Å²) in [6, 6.07) is 11.7. The third-order valence-electron chi connectivity index (χ3n) is 6.02. The van der Waals surface area contributed by atoms with Crippen molar-refractivity contribution in [2.24, 2.45) is 0 Å². The molecule has 2 aliphatic rings. The quantitative estimate of drug-likeness (QED) is 0.562. The highest BCUT2D eigenvalue weighted by molar-refractivity contribution is 9.10. The Morgan fingerprint density at radius 3 is 2.70 bits per heavy atom. The minimum absolute atomic E-state index is 0.0497. The Kier molecular flexibility index (Phi) is 4.40. The van der Waals surface area contributed by atoms with Crippen molar-refractivity contribution in [2.75, 3.05) is 13.2 Å². The lowest BCUT2D eigenvalue weighted by Gasteiger charge is -2.32. The number of hydrogen-bond donors (Lipinski definition) is 1. The summed E-state index contributed by atoms with van der Waals surface area (Å²) in [5.74, 6) is 0.207. The molecule has 0 amide bonds. The van der Waals surface area contributed by atoms with E-state index in [9.17, 15) is 4.79 Å². The van der Waals surface area contributed by atoms with Gasteiger partial charge < -0.3 is 19.2 Å². The Labute approximate surface area is 183 Å². The molecule has 6 heteroatoms. The lowest BCUT2D eigenvalue weighted by Crippen LogP contribution is -2.30. The maximum Gasteiger partial charge on any atom is 0.195 e. The molecule has 0 radical (unpaired) electrons. The van der Waals surface area contributed by atoms with Crippen molar-refractivity contribution in [2.45, 2.75) is 45.0 Å². The second-order valence-electron chi connectivity index (χ2n) is 8.99. The smallest absolute Gasteiger partial charge is 0.195 e. The van der Waals surface area contributed by atoms with Crippen molar-refractivity contribution < 1.29 is 19.0 Å². The fourth-order valence-corrected chi connectivity index (χ4v) is 4.87. The second-order valence-corrected chi connectivity index (χ2v) is 9.90.